The number of nitrogens with one attached hydrogen (secondary N) is 1. The van der Waals surface area contributed by atoms with Gasteiger partial charge in [0.25, 0.3) is 0 Å². The van der Waals surface area contributed by atoms with E-state index in [0.717, 1.165) is 11.6 Å². The van der Waals surface area contributed by atoms with Crippen molar-refractivity contribution >= 4 is 27.6 Å². The van der Waals surface area contributed by atoms with E-state index in [-0.39, 0.29) is 29.2 Å². The lowest BCUT2D eigenvalue weighted by atomic mass is 10.0. The number of carbonyl (C=O) groups excluding carboxylic acids is 2. The maximum absolute atomic E-state index is 12.1. The zero-order chi connectivity index (χ0) is 19.3. The van der Waals surface area contributed by atoms with Crippen LogP contribution < -0.4 is 10.5 Å². The Morgan fingerprint density at radius 2 is 2.00 bits per heavy atom. The van der Waals surface area contributed by atoms with Gasteiger partial charge in [0, 0.05) is 12.6 Å². The fourth-order valence-corrected chi connectivity index (χ4v) is 2.85. The van der Waals surface area contributed by atoms with Crippen molar-refractivity contribution < 1.29 is 22.7 Å². The second-order valence-corrected chi connectivity index (χ2v) is 7.16. The number of esters is 1. The van der Waals surface area contributed by atoms with Gasteiger partial charge in [-0.2, -0.15) is 0 Å². The second-order valence-electron chi connectivity index (χ2n) is 5.59. The van der Waals surface area contributed by atoms with E-state index in [0.29, 0.717) is 11.3 Å². The van der Waals surface area contributed by atoms with Crippen LogP contribution in [0.1, 0.15) is 27.9 Å². The van der Waals surface area contributed by atoms with E-state index in [2.05, 4.69) is 15.0 Å². The molecule has 1 amide bonds. The Balaban J connectivity index is 2.17. The molecule has 0 aliphatic heterocycles. The van der Waals surface area contributed by atoms with Gasteiger partial charge < -0.3 is 10.1 Å². The molecule has 8 nitrogen and oxygen atoms in total. The highest BCUT2D eigenvalue weighted by Gasteiger charge is 2.18. The number of anilines is 1. The highest BCUT2D eigenvalue weighted by atomic mass is 32.2. The van der Waals surface area contributed by atoms with Gasteiger partial charge in [-0.15, -0.1) is 0 Å². The van der Waals surface area contributed by atoms with Gasteiger partial charge in [-0.3, -0.25) is 9.78 Å². The Hall–Kier alpha value is -2.78. The first-order chi connectivity index (χ1) is 12.2. The molecule has 0 saturated carbocycles. The Labute approximate surface area is 151 Å². The van der Waals surface area contributed by atoms with Crippen LogP contribution in [-0.4, -0.2) is 32.4 Å². The molecule has 3 N–H and O–H groups in total. The second kappa shape index (κ2) is 8.07. The standard InChI is InChI=1S/C17H19N3O5S/c1-11-7-8-19-10-15(11)20-16(21)6-4-12-3-5-13(26(18,23)24)9-14(12)17(22)25-2/h3,5,7-10H,4,6H2,1-2H3,(H,20,21)(H2,18,23,24). The summed E-state index contributed by atoms with van der Waals surface area (Å²) in [6.45, 7) is 1.85. The zero-order valence-electron chi connectivity index (χ0n) is 14.4. The number of aromatic nitrogens is 1. The van der Waals surface area contributed by atoms with Crippen molar-refractivity contribution in [3.63, 3.8) is 0 Å². The summed E-state index contributed by atoms with van der Waals surface area (Å²) in [7, 11) is -2.77. The third-order valence-corrected chi connectivity index (χ3v) is 4.66. The molecular weight excluding hydrogens is 358 g/mol. The first-order valence-corrected chi connectivity index (χ1v) is 9.21. The number of pyridine rings is 1. The third-order valence-electron chi connectivity index (χ3n) is 3.75. The molecule has 0 radical (unpaired) electrons. The quantitative estimate of drug-likeness (QED) is 0.732. The molecule has 0 fully saturated rings. The van der Waals surface area contributed by atoms with E-state index in [1.807, 2.05) is 6.92 Å². The van der Waals surface area contributed by atoms with Crippen molar-refractivity contribution in [2.75, 3.05) is 12.4 Å². The number of nitrogens with zero attached hydrogens (tertiary/aromatic N) is 1. The average molecular weight is 377 g/mol. The Bertz CT molecular complexity index is 941. The molecule has 1 aromatic carbocycles. The molecule has 26 heavy (non-hydrogen) atoms. The van der Waals surface area contributed by atoms with Crippen LogP contribution in [0.3, 0.4) is 0 Å². The van der Waals surface area contributed by atoms with Crippen LogP contribution in [0.2, 0.25) is 0 Å². The van der Waals surface area contributed by atoms with E-state index in [9.17, 15) is 18.0 Å². The van der Waals surface area contributed by atoms with Crippen molar-refractivity contribution in [2.24, 2.45) is 5.14 Å². The molecule has 0 aliphatic carbocycles. The van der Waals surface area contributed by atoms with Crippen LogP contribution in [-0.2, 0) is 26.0 Å². The van der Waals surface area contributed by atoms with Crippen LogP contribution in [0.25, 0.3) is 0 Å². The number of hydrogen-bond acceptors (Lipinski definition) is 6. The number of nitrogens with two attached hydrogens (primary N) is 1. The van der Waals surface area contributed by atoms with Gasteiger partial charge in [0.15, 0.2) is 0 Å². The summed E-state index contributed by atoms with van der Waals surface area (Å²) >= 11 is 0. The lowest BCUT2D eigenvalue weighted by molar-refractivity contribution is -0.116. The van der Waals surface area contributed by atoms with E-state index < -0.39 is 16.0 Å². The molecule has 0 saturated heterocycles. The number of methoxy groups -OCH3 is 1. The molecule has 0 atom stereocenters. The van der Waals surface area contributed by atoms with Crippen molar-refractivity contribution in [2.45, 2.75) is 24.7 Å². The largest absolute Gasteiger partial charge is 0.465 e. The summed E-state index contributed by atoms with van der Waals surface area (Å²) in [5.74, 6) is -0.957. The van der Waals surface area contributed by atoms with E-state index in [1.165, 1.54) is 19.2 Å². The highest BCUT2D eigenvalue weighted by molar-refractivity contribution is 7.89. The Morgan fingerprint density at radius 1 is 1.27 bits per heavy atom. The molecule has 9 heteroatoms. The molecule has 1 aromatic heterocycles. The van der Waals surface area contributed by atoms with Gasteiger partial charge in [0.1, 0.15) is 0 Å². The van der Waals surface area contributed by atoms with E-state index >= 15 is 0 Å². The van der Waals surface area contributed by atoms with Gasteiger partial charge in [-0.25, -0.2) is 18.4 Å². The number of rotatable bonds is 6. The van der Waals surface area contributed by atoms with Crippen molar-refractivity contribution in [1.82, 2.24) is 4.98 Å². The normalized spacial score (nSPS) is 11.0. The van der Waals surface area contributed by atoms with Gasteiger partial charge in [-0.05, 0) is 42.7 Å². The maximum Gasteiger partial charge on any atom is 0.338 e. The summed E-state index contributed by atoms with van der Waals surface area (Å²) in [5, 5.41) is 7.83. The molecule has 0 aliphatic rings. The molecular formula is C17H19N3O5S. The minimum atomic E-state index is -3.95. The summed E-state index contributed by atoms with van der Waals surface area (Å²) in [6, 6.07) is 5.67. The summed E-state index contributed by atoms with van der Waals surface area (Å²) in [6.07, 6.45) is 3.49. The Kier molecular flexibility index (Phi) is 6.06. The fraction of sp³-hybridized carbons (Fsp3) is 0.235. The predicted octanol–water partition coefficient (Wildman–Crippen LogP) is 1.40. The number of carbonyl (C=O) groups is 2. The molecule has 2 aromatic rings. The number of sulfonamides is 1. The number of amides is 1. The number of ether oxygens (including phenoxy) is 1. The van der Waals surface area contributed by atoms with Gasteiger partial charge in [-0.1, -0.05) is 6.07 Å². The molecule has 0 unspecified atom stereocenters. The predicted molar refractivity (Wildman–Crippen MR) is 95.1 cm³/mol. The van der Waals surface area contributed by atoms with Crippen LogP contribution in [0.4, 0.5) is 5.69 Å². The minimum Gasteiger partial charge on any atom is -0.465 e. The van der Waals surface area contributed by atoms with Crippen molar-refractivity contribution in [3.8, 4) is 0 Å². The van der Waals surface area contributed by atoms with Crippen LogP contribution in [0, 0.1) is 6.92 Å². The van der Waals surface area contributed by atoms with E-state index in [1.54, 1.807) is 18.5 Å². The highest BCUT2D eigenvalue weighted by Crippen LogP contribution is 2.19. The maximum atomic E-state index is 12.1. The number of benzene rings is 1. The Morgan fingerprint density at radius 3 is 2.62 bits per heavy atom. The van der Waals surface area contributed by atoms with Crippen molar-refractivity contribution in [3.05, 3.63) is 53.3 Å². The summed E-state index contributed by atoms with van der Waals surface area (Å²) in [5.41, 5.74) is 2.03. The van der Waals surface area contributed by atoms with Crippen LogP contribution >= 0.6 is 0 Å². The molecule has 1 heterocycles. The monoisotopic (exact) mass is 377 g/mol. The number of hydrogen-bond donors (Lipinski definition) is 2. The number of primary sulfonamides is 1. The molecule has 0 spiro atoms. The fourth-order valence-electron chi connectivity index (χ4n) is 2.31. The smallest absolute Gasteiger partial charge is 0.338 e. The number of aryl methyl sites for hydroxylation is 2. The SMILES string of the molecule is COC(=O)c1cc(S(N)(=O)=O)ccc1CCC(=O)Nc1cnccc1C. The third kappa shape index (κ3) is 4.87. The van der Waals surface area contributed by atoms with Crippen LogP contribution in [0.15, 0.2) is 41.6 Å². The topological polar surface area (TPSA) is 128 Å². The molecule has 2 rings (SSSR count). The summed E-state index contributed by atoms with van der Waals surface area (Å²) in [4.78, 5) is 27.8. The van der Waals surface area contributed by atoms with Crippen molar-refractivity contribution in [1.29, 1.82) is 0 Å². The lowest BCUT2D eigenvalue weighted by Crippen LogP contribution is -2.16. The van der Waals surface area contributed by atoms with Gasteiger partial charge in [0.05, 0.1) is 29.5 Å². The minimum absolute atomic E-state index is 0.0596. The van der Waals surface area contributed by atoms with Gasteiger partial charge in [0.2, 0.25) is 15.9 Å². The first-order valence-electron chi connectivity index (χ1n) is 7.67. The first kappa shape index (κ1) is 19.5. The molecule has 0 bridgehead atoms. The van der Waals surface area contributed by atoms with Crippen LogP contribution in [0.5, 0.6) is 0 Å². The summed E-state index contributed by atoms with van der Waals surface area (Å²) < 4.78 is 27.6. The van der Waals surface area contributed by atoms with E-state index in [4.69, 9.17) is 5.14 Å². The average Bonchev–Trinajstić information content (AvgIpc) is 2.60. The lowest BCUT2D eigenvalue weighted by Gasteiger charge is -2.11. The molecule has 138 valence electrons. The van der Waals surface area contributed by atoms with Gasteiger partial charge >= 0.3 is 5.97 Å². The zero-order valence-corrected chi connectivity index (χ0v) is 15.2.